The molecule has 0 aromatic heterocycles. The minimum Gasteiger partial charge on any atom is -0.316 e. The monoisotopic (exact) mass is 263 g/mol. The summed E-state index contributed by atoms with van der Waals surface area (Å²) in [6, 6.07) is 5.69. The van der Waals surface area contributed by atoms with E-state index >= 15 is 0 Å². The van der Waals surface area contributed by atoms with Gasteiger partial charge in [0.2, 0.25) is 0 Å². The van der Waals surface area contributed by atoms with Crippen LogP contribution < -0.4 is 5.32 Å². The van der Waals surface area contributed by atoms with E-state index in [0.717, 1.165) is 23.8 Å². The van der Waals surface area contributed by atoms with E-state index in [1.807, 2.05) is 13.0 Å². The van der Waals surface area contributed by atoms with Crippen molar-refractivity contribution >= 4 is 0 Å². The Morgan fingerprint density at radius 2 is 1.95 bits per heavy atom. The van der Waals surface area contributed by atoms with Gasteiger partial charge in [0, 0.05) is 6.04 Å². The van der Waals surface area contributed by atoms with Gasteiger partial charge in [0.15, 0.2) is 0 Å². The number of rotatable bonds is 4. The lowest BCUT2D eigenvalue weighted by molar-refractivity contribution is 0.235. The second-order valence-corrected chi connectivity index (χ2v) is 6.19. The summed E-state index contributed by atoms with van der Waals surface area (Å²) < 4.78 is 13.1. The molecule has 1 N–H and O–H groups in total. The average Bonchev–Trinajstić information content (AvgIpc) is 2.39. The zero-order chi connectivity index (χ0) is 13.8. The van der Waals surface area contributed by atoms with Gasteiger partial charge in [-0.2, -0.15) is 0 Å². The second kappa shape index (κ2) is 6.51. The minimum atomic E-state index is -0.131. The van der Waals surface area contributed by atoms with Crippen LogP contribution in [0.4, 0.5) is 4.39 Å². The highest BCUT2D eigenvalue weighted by molar-refractivity contribution is 5.27. The van der Waals surface area contributed by atoms with Crippen molar-refractivity contribution in [3.63, 3.8) is 0 Å². The first-order valence-corrected chi connectivity index (χ1v) is 7.52. The lowest BCUT2D eigenvalue weighted by Gasteiger charge is -2.33. The molecule has 0 aliphatic heterocycles. The number of hydrogen-bond donors (Lipinski definition) is 1. The lowest BCUT2D eigenvalue weighted by Crippen LogP contribution is -2.37. The Morgan fingerprint density at radius 3 is 2.53 bits per heavy atom. The molecule has 1 aromatic rings. The van der Waals surface area contributed by atoms with E-state index in [9.17, 15) is 4.39 Å². The predicted molar refractivity (Wildman–Crippen MR) is 78.8 cm³/mol. The summed E-state index contributed by atoms with van der Waals surface area (Å²) in [6.07, 6.45) is 6.37. The topological polar surface area (TPSA) is 12.0 Å². The highest BCUT2D eigenvalue weighted by atomic mass is 19.1. The normalized spacial score (nSPS) is 25.3. The van der Waals surface area contributed by atoms with Crippen molar-refractivity contribution in [3.8, 4) is 0 Å². The molecule has 1 fully saturated rings. The fourth-order valence-electron chi connectivity index (χ4n) is 3.32. The van der Waals surface area contributed by atoms with Crippen LogP contribution in [-0.4, -0.2) is 13.1 Å². The standard InChI is InChI=1S/C17H26FN/c1-12-4-6-14(7-5-12)17(19-3)11-15-8-9-16(18)10-13(15)2/h8-10,12,14,17,19H,4-7,11H2,1-3H3. The molecule has 19 heavy (non-hydrogen) atoms. The SMILES string of the molecule is CNC(Cc1ccc(F)cc1C)C1CCC(C)CC1. The Hall–Kier alpha value is -0.890. The van der Waals surface area contributed by atoms with E-state index < -0.39 is 0 Å². The van der Waals surface area contributed by atoms with Crippen LogP contribution in [0.2, 0.25) is 0 Å². The average molecular weight is 263 g/mol. The second-order valence-electron chi connectivity index (χ2n) is 6.19. The van der Waals surface area contributed by atoms with Crippen molar-refractivity contribution in [1.29, 1.82) is 0 Å². The van der Waals surface area contributed by atoms with Crippen LogP contribution >= 0.6 is 0 Å². The third kappa shape index (κ3) is 3.79. The maximum atomic E-state index is 13.1. The zero-order valence-electron chi connectivity index (χ0n) is 12.4. The summed E-state index contributed by atoms with van der Waals surface area (Å²) in [5.74, 6) is 1.53. The molecular formula is C17H26FN. The van der Waals surface area contributed by atoms with Crippen molar-refractivity contribution in [1.82, 2.24) is 5.32 Å². The van der Waals surface area contributed by atoms with Gasteiger partial charge in [-0.3, -0.25) is 0 Å². The molecule has 106 valence electrons. The smallest absolute Gasteiger partial charge is 0.123 e. The van der Waals surface area contributed by atoms with Gasteiger partial charge < -0.3 is 5.32 Å². The molecule has 0 bridgehead atoms. The summed E-state index contributed by atoms with van der Waals surface area (Å²) in [4.78, 5) is 0. The Bertz CT molecular complexity index is 408. The largest absolute Gasteiger partial charge is 0.316 e. The van der Waals surface area contributed by atoms with Gasteiger partial charge in [-0.1, -0.05) is 25.8 Å². The summed E-state index contributed by atoms with van der Waals surface area (Å²) in [5.41, 5.74) is 2.35. The number of benzene rings is 1. The fourth-order valence-corrected chi connectivity index (χ4v) is 3.32. The van der Waals surface area contributed by atoms with Gasteiger partial charge in [0.25, 0.3) is 0 Å². The maximum absolute atomic E-state index is 13.1. The van der Waals surface area contributed by atoms with Gasteiger partial charge in [-0.15, -0.1) is 0 Å². The van der Waals surface area contributed by atoms with Crippen LogP contribution in [-0.2, 0) is 6.42 Å². The summed E-state index contributed by atoms with van der Waals surface area (Å²) in [6.45, 7) is 4.36. The van der Waals surface area contributed by atoms with Crippen LogP contribution in [0.1, 0.15) is 43.7 Å². The van der Waals surface area contributed by atoms with Gasteiger partial charge in [-0.05, 0) is 68.3 Å². The van der Waals surface area contributed by atoms with E-state index in [0.29, 0.717) is 6.04 Å². The molecule has 1 atom stereocenters. The number of halogens is 1. The highest BCUT2D eigenvalue weighted by Gasteiger charge is 2.25. The number of hydrogen-bond acceptors (Lipinski definition) is 1. The predicted octanol–water partition coefficient (Wildman–Crippen LogP) is 4.09. The van der Waals surface area contributed by atoms with Crippen molar-refractivity contribution < 1.29 is 4.39 Å². The first-order valence-electron chi connectivity index (χ1n) is 7.52. The molecule has 0 amide bonds. The van der Waals surface area contributed by atoms with Crippen LogP contribution in [0.3, 0.4) is 0 Å². The number of nitrogens with one attached hydrogen (secondary N) is 1. The van der Waals surface area contributed by atoms with E-state index in [1.165, 1.54) is 31.2 Å². The van der Waals surface area contributed by atoms with Crippen LogP contribution in [0.15, 0.2) is 18.2 Å². The summed E-state index contributed by atoms with van der Waals surface area (Å²) >= 11 is 0. The molecule has 2 rings (SSSR count). The lowest BCUT2D eigenvalue weighted by atomic mass is 9.77. The number of likely N-dealkylation sites (N-methyl/N-ethyl adjacent to an activating group) is 1. The fraction of sp³-hybridized carbons (Fsp3) is 0.647. The molecule has 1 nitrogen and oxygen atoms in total. The zero-order valence-corrected chi connectivity index (χ0v) is 12.4. The molecule has 1 unspecified atom stereocenters. The first-order chi connectivity index (χ1) is 9.10. The third-order valence-corrected chi connectivity index (χ3v) is 4.74. The molecule has 0 heterocycles. The van der Waals surface area contributed by atoms with E-state index in [1.54, 1.807) is 12.1 Å². The van der Waals surface area contributed by atoms with Gasteiger partial charge in [0.05, 0.1) is 0 Å². The molecule has 0 spiro atoms. The van der Waals surface area contributed by atoms with Crippen LogP contribution in [0.5, 0.6) is 0 Å². The molecule has 0 saturated heterocycles. The molecule has 1 aliphatic carbocycles. The van der Waals surface area contributed by atoms with Gasteiger partial charge >= 0.3 is 0 Å². The van der Waals surface area contributed by atoms with E-state index in [-0.39, 0.29) is 5.82 Å². The molecule has 1 aliphatic rings. The maximum Gasteiger partial charge on any atom is 0.123 e. The van der Waals surface area contributed by atoms with Crippen molar-refractivity contribution in [2.45, 2.75) is 52.0 Å². The Morgan fingerprint density at radius 1 is 1.26 bits per heavy atom. The molecule has 1 saturated carbocycles. The molecule has 0 radical (unpaired) electrons. The van der Waals surface area contributed by atoms with Crippen LogP contribution in [0.25, 0.3) is 0 Å². The van der Waals surface area contributed by atoms with Gasteiger partial charge in [-0.25, -0.2) is 4.39 Å². The van der Waals surface area contributed by atoms with Crippen molar-refractivity contribution in [2.75, 3.05) is 7.05 Å². The summed E-state index contributed by atoms with van der Waals surface area (Å²) in [5, 5.41) is 3.48. The van der Waals surface area contributed by atoms with Crippen molar-refractivity contribution in [3.05, 3.63) is 35.1 Å². The third-order valence-electron chi connectivity index (χ3n) is 4.74. The molecular weight excluding hydrogens is 237 g/mol. The van der Waals surface area contributed by atoms with Crippen molar-refractivity contribution in [2.24, 2.45) is 11.8 Å². The van der Waals surface area contributed by atoms with E-state index in [2.05, 4.69) is 19.3 Å². The van der Waals surface area contributed by atoms with Gasteiger partial charge in [0.1, 0.15) is 5.82 Å². The molecule has 2 heteroatoms. The van der Waals surface area contributed by atoms with E-state index in [4.69, 9.17) is 0 Å². The highest BCUT2D eigenvalue weighted by Crippen LogP contribution is 2.31. The quantitative estimate of drug-likeness (QED) is 0.862. The molecule has 1 aromatic carbocycles. The Kier molecular flexibility index (Phi) is 4.98. The first kappa shape index (κ1) is 14.5. The number of aryl methyl sites for hydroxylation is 1. The Labute approximate surface area is 116 Å². The van der Waals surface area contributed by atoms with Crippen LogP contribution in [0, 0.1) is 24.6 Å². The minimum absolute atomic E-state index is 0.131. The Balaban J connectivity index is 2.02. The summed E-state index contributed by atoms with van der Waals surface area (Å²) in [7, 11) is 2.06.